The van der Waals surface area contributed by atoms with Crippen molar-refractivity contribution >= 4 is 22.5 Å². The molecule has 3 rings (SSSR count). The van der Waals surface area contributed by atoms with Crippen LogP contribution in [-0.4, -0.2) is 36.8 Å². The van der Waals surface area contributed by atoms with E-state index < -0.39 is 0 Å². The smallest absolute Gasteiger partial charge is 0.253 e. The zero-order valence-electron chi connectivity index (χ0n) is 15.6. The molecule has 0 heterocycles. The van der Waals surface area contributed by atoms with Crippen LogP contribution >= 0.6 is 0 Å². The average molecular weight is 379 g/mol. The predicted molar refractivity (Wildman–Crippen MR) is 113 cm³/mol. The number of carbonyl (C=O) groups excluding carboxylic acids is 1. The van der Waals surface area contributed by atoms with E-state index in [2.05, 4.69) is 10.6 Å². The normalized spacial score (nSPS) is 11.3. The molecule has 3 aromatic rings. The summed E-state index contributed by atoms with van der Waals surface area (Å²) in [6.07, 6.45) is 0. The summed E-state index contributed by atoms with van der Waals surface area (Å²) in [5.41, 5.74) is 9.47. The van der Waals surface area contributed by atoms with Gasteiger partial charge in [-0.2, -0.15) is 0 Å². The van der Waals surface area contributed by atoms with Gasteiger partial charge in [-0.3, -0.25) is 4.79 Å². The average Bonchev–Trinajstić information content (AvgIpc) is 2.73. The van der Waals surface area contributed by atoms with Crippen LogP contribution in [-0.2, 0) is 0 Å². The molecule has 146 valence electrons. The molecular formula is C21H25N5O2. The van der Waals surface area contributed by atoms with Crippen molar-refractivity contribution in [2.75, 3.05) is 20.2 Å². The number of benzene rings is 3. The maximum atomic E-state index is 12.3. The number of nitrogens with two attached hydrogens (primary N) is 2. The summed E-state index contributed by atoms with van der Waals surface area (Å²) >= 11 is 0. The Hall–Kier alpha value is -3.58. The van der Waals surface area contributed by atoms with E-state index >= 15 is 0 Å². The van der Waals surface area contributed by atoms with E-state index in [0.29, 0.717) is 24.6 Å². The van der Waals surface area contributed by atoms with Crippen molar-refractivity contribution < 1.29 is 11.0 Å². The molecule has 28 heavy (non-hydrogen) atoms. The number of hydrogen-bond acceptors (Lipinski definition) is 5. The van der Waals surface area contributed by atoms with Gasteiger partial charge < -0.3 is 15.4 Å². The molecule has 0 fully saturated rings. The summed E-state index contributed by atoms with van der Waals surface area (Å²) in [6, 6.07) is 20.7. The van der Waals surface area contributed by atoms with Gasteiger partial charge in [-0.15, -0.1) is 5.10 Å². The first-order valence-corrected chi connectivity index (χ1v) is 8.85. The van der Waals surface area contributed by atoms with Gasteiger partial charge >= 0.3 is 0 Å². The second-order valence-corrected chi connectivity index (χ2v) is 6.29. The maximum absolute atomic E-state index is 12.3. The van der Waals surface area contributed by atoms with Gasteiger partial charge in [0.1, 0.15) is 12.4 Å². The van der Waals surface area contributed by atoms with Gasteiger partial charge in [0.25, 0.3) is 5.91 Å². The molecule has 1 amide bonds. The molecule has 0 aliphatic carbocycles. The zero-order chi connectivity index (χ0) is 19.9. The van der Waals surface area contributed by atoms with E-state index in [1.807, 2.05) is 54.6 Å². The van der Waals surface area contributed by atoms with Crippen LogP contribution < -0.4 is 21.8 Å². The fourth-order valence-electron chi connectivity index (χ4n) is 2.81. The van der Waals surface area contributed by atoms with E-state index in [1.54, 1.807) is 24.1 Å². The Morgan fingerprint density at radius 2 is 1.79 bits per heavy atom. The van der Waals surface area contributed by atoms with Crippen LogP contribution in [0.3, 0.4) is 0 Å². The van der Waals surface area contributed by atoms with Crippen molar-refractivity contribution in [1.29, 1.82) is 0 Å². The van der Waals surface area contributed by atoms with Gasteiger partial charge in [-0.25, -0.2) is 11.4 Å². The molecule has 0 atom stereocenters. The molecule has 0 unspecified atom stereocenters. The lowest BCUT2D eigenvalue weighted by molar-refractivity contribution is 0.0774. The Labute approximate surface area is 165 Å². The van der Waals surface area contributed by atoms with E-state index in [4.69, 9.17) is 16.3 Å². The van der Waals surface area contributed by atoms with Gasteiger partial charge in [-0.1, -0.05) is 36.4 Å². The van der Waals surface area contributed by atoms with Crippen molar-refractivity contribution in [2.24, 2.45) is 16.7 Å². The SMILES string of the molecule is CN(CCOc1ccc2cc(/C(N)=N/NN)ccc2c1)C(=O)c1ccccc1.[HH]. The number of amidine groups is 1. The molecule has 0 bridgehead atoms. The number of likely N-dealkylation sites (N-methyl/N-ethyl adjacent to an activating group) is 1. The first kappa shape index (κ1) is 19.2. The number of rotatable bonds is 7. The summed E-state index contributed by atoms with van der Waals surface area (Å²) < 4.78 is 5.82. The van der Waals surface area contributed by atoms with Crippen LogP contribution in [0.4, 0.5) is 0 Å². The molecule has 0 aliphatic heterocycles. The van der Waals surface area contributed by atoms with Crippen LogP contribution in [0.25, 0.3) is 10.8 Å². The second kappa shape index (κ2) is 8.88. The highest BCUT2D eigenvalue weighted by atomic mass is 16.5. The van der Waals surface area contributed by atoms with Gasteiger partial charge in [0.15, 0.2) is 5.84 Å². The fourth-order valence-corrected chi connectivity index (χ4v) is 2.81. The molecule has 3 aromatic carbocycles. The third-order valence-electron chi connectivity index (χ3n) is 4.36. The van der Waals surface area contributed by atoms with Crippen molar-refractivity contribution in [3.63, 3.8) is 0 Å². The number of amides is 1. The van der Waals surface area contributed by atoms with Crippen LogP contribution in [0, 0.1) is 0 Å². The molecule has 7 nitrogen and oxygen atoms in total. The summed E-state index contributed by atoms with van der Waals surface area (Å²) in [7, 11) is 1.77. The minimum Gasteiger partial charge on any atom is -0.492 e. The Morgan fingerprint density at radius 1 is 1.07 bits per heavy atom. The van der Waals surface area contributed by atoms with Gasteiger partial charge in [0.05, 0.1) is 6.54 Å². The lowest BCUT2D eigenvalue weighted by Gasteiger charge is -2.17. The standard InChI is InChI=1S/C21H23N5O2.H2/c1-26(21(27)15-5-3-2-4-6-15)11-12-28-19-10-9-16-13-18(20(22)24-25-23)8-7-17(16)14-19;/h2-10,13-14,25H,11-12,23H2,1H3,(H2,22,24);1H. The first-order valence-electron chi connectivity index (χ1n) is 8.85. The fraction of sp³-hybridized carbons (Fsp3) is 0.143. The van der Waals surface area contributed by atoms with Crippen LogP contribution in [0.2, 0.25) is 0 Å². The monoisotopic (exact) mass is 379 g/mol. The number of nitrogens with one attached hydrogen (secondary N) is 1. The predicted octanol–water partition coefficient (Wildman–Crippen LogP) is 2.32. The minimum atomic E-state index is -0.0264. The van der Waals surface area contributed by atoms with Crippen LogP contribution in [0.15, 0.2) is 71.8 Å². The van der Waals surface area contributed by atoms with E-state index in [-0.39, 0.29) is 7.33 Å². The maximum Gasteiger partial charge on any atom is 0.253 e. The summed E-state index contributed by atoms with van der Waals surface area (Å²) in [6.45, 7) is 0.893. The topological polar surface area (TPSA) is 106 Å². The highest BCUT2D eigenvalue weighted by molar-refractivity contribution is 6.01. The molecule has 7 heteroatoms. The molecular weight excluding hydrogens is 354 g/mol. The molecule has 0 saturated carbocycles. The largest absolute Gasteiger partial charge is 0.492 e. The minimum absolute atomic E-state index is 0. The number of hydrogen-bond donors (Lipinski definition) is 3. The lowest BCUT2D eigenvalue weighted by atomic mass is 10.1. The summed E-state index contributed by atoms with van der Waals surface area (Å²) in [4.78, 5) is 14.0. The number of carbonyl (C=O) groups is 1. The molecule has 0 radical (unpaired) electrons. The number of hydrazine groups is 1. The Morgan fingerprint density at radius 3 is 2.54 bits per heavy atom. The Balaban J connectivity index is 0.00000300. The van der Waals surface area contributed by atoms with Gasteiger partial charge in [0.2, 0.25) is 0 Å². The van der Waals surface area contributed by atoms with E-state index in [9.17, 15) is 4.79 Å². The second-order valence-electron chi connectivity index (χ2n) is 6.29. The third kappa shape index (κ3) is 4.57. The van der Waals surface area contributed by atoms with Crippen LogP contribution in [0.1, 0.15) is 17.3 Å². The summed E-state index contributed by atoms with van der Waals surface area (Å²) in [5, 5.41) is 5.81. The van der Waals surface area contributed by atoms with Crippen molar-refractivity contribution in [1.82, 2.24) is 10.4 Å². The van der Waals surface area contributed by atoms with E-state index in [0.717, 1.165) is 22.1 Å². The first-order chi connectivity index (χ1) is 13.6. The molecule has 0 spiro atoms. The molecule has 0 saturated heterocycles. The van der Waals surface area contributed by atoms with Crippen molar-refractivity contribution in [3.8, 4) is 5.75 Å². The third-order valence-corrected chi connectivity index (χ3v) is 4.36. The molecule has 0 aromatic heterocycles. The Bertz CT molecular complexity index is 995. The number of hydrazone groups is 1. The van der Waals surface area contributed by atoms with Crippen LogP contribution in [0.5, 0.6) is 5.75 Å². The lowest BCUT2D eigenvalue weighted by Crippen LogP contribution is -2.30. The number of fused-ring (bicyclic) bond motifs is 1. The highest BCUT2D eigenvalue weighted by Crippen LogP contribution is 2.22. The molecule has 5 N–H and O–H groups in total. The number of ether oxygens (including phenoxy) is 1. The summed E-state index contributed by atoms with van der Waals surface area (Å²) in [5.74, 6) is 6.19. The van der Waals surface area contributed by atoms with Crippen molar-refractivity contribution in [2.45, 2.75) is 0 Å². The van der Waals surface area contributed by atoms with E-state index in [1.165, 1.54) is 0 Å². The Kier molecular flexibility index (Phi) is 6.08. The highest BCUT2D eigenvalue weighted by Gasteiger charge is 2.11. The van der Waals surface area contributed by atoms with Crippen molar-refractivity contribution in [3.05, 3.63) is 77.9 Å². The van der Waals surface area contributed by atoms with Gasteiger partial charge in [-0.05, 0) is 41.1 Å². The zero-order valence-corrected chi connectivity index (χ0v) is 15.6. The quantitative estimate of drug-likeness (QED) is 0.253. The van der Waals surface area contributed by atoms with Gasteiger partial charge in [0, 0.05) is 19.6 Å². The molecule has 0 aliphatic rings. The number of nitrogens with zero attached hydrogens (tertiary/aromatic N) is 2.